The van der Waals surface area contributed by atoms with Crippen LogP contribution < -0.4 is 9.62 Å². The van der Waals surface area contributed by atoms with Crippen molar-refractivity contribution in [3.05, 3.63) is 41.7 Å². The van der Waals surface area contributed by atoms with Gasteiger partial charge in [-0.05, 0) is 60.6 Å². The van der Waals surface area contributed by atoms with Gasteiger partial charge in [-0.2, -0.15) is 4.37 Å². The van der Waals surface area contributed by atoms with Crippen molar-refractivity contribution in [2.45, 2.75) is 30.9 Å². The van der Waals surface area contributed by atoms with Gasteiger partial charge in [-0.3, -0.25) is 9.10 Å². The summed E-state index contributed by atoms with van der Waals surface area (Å²) in [5.41, 5.74) is 3.51. The van der Waals surface area contributed by atoms with Crippen molar-refractivity contribution in [1.82, 2.24) is 9.36 Å². The molecule has 0 fully saturated rings. The smallest absolute Gasteiger partial charge is 0.275 e. The topological polar surface area (TPSA) is 92.3 Å². The van der Waals surface area contributed by atoms with Gasteiger partial charge < -0.3 is 5.32 Å². The van der Waals surface area contributed by atoms with E-state index in [0.717, 1.165) is 46.1 Å². The number of nitrogens with one attached hydrogen (secondary N) is 1. The van der Waals surface area contributed by atoms with Crippen molar-refractivity contribution in [1.29, 1.82) is 0 Å². The summed E-state index contributed by atoms with van der Waals surface area (Å²) in [6, 6.07) is 7.34. The first-order chi connectivity index (χ1) is 13.4. The molecular formula is C18H18N4O3S3. The second-order valence-corrected chi connectivity index (χ2v) is 10.4. The van der Waals surface area contributed by atoms with Crippen molar-refractivity contribution in [3.8, 4) is 10.4 Å². The molecule has 146 valence electrons. The van der Waals surface area contributed by atoms with Gasteiger partial charge >= 0.3 is 0 Å². The number of aryl methyl sites for hydroxylation is 2. The average molecular weight is 435 g/mol. The van der Waals surface area contributed by atoms with Crippen LogP contribution in [-0.4, -0.2) is 30.2 Å². The molecule has 0 atom stereocenters. The van der Waals surface area contributed by atoms with Crippen molar-refractivity contribution < 1.29 is 13.2 Å². The van der Waals surface area contributed by atoms with E-state index in [2.05, 4.69) is 14.7 Å². The number of aromatic nitrogens is 2. The highest BCUT2D eigenvalue weighted by atomic mass is 32.2. The zero-order valence-electron chi connectivity index (χ0n) is 15.3. The number of carbonyl (C=O) groups excluding carboxylic acids is 1. The third kappa shape index (κ3) is 3.43. The van der Waals surface area contributed by atoms with E-state index in [1.54, 1.807) is 0 Å². The molecule has 4 rings (SSSR count). The molecule has 1 aliphatic heterocycles. The van der Waals surface area contributed by atoms with Gasteiger partial charge in [0.25, 0.3) is 10.0 Å². The van der Waals surface area contributed by atoms with Crippen LogP contribution in [0.5, 0.6) is 0 Å². The van der Waals surface area contributed by atoms with Crippen LogP contribution in [0, 0.1) is 6.92 Å². The monoisotopic (exact) mass is 434 g/mol. The first kappa shape index (κ1) is 19.0. The van der Waals surface area contributed by atoms with Gasteiger partial charge in [0.2, 0.25) is 5.91 Å². The lowest BCUT2D eigenvalue weighted by atomic mass is 10.00. The van der Waals surface area contributed by atoms with Crippen molar-refractivity contribution in [3.63, 3.8) is 0 Å². The Balaban J connectivity index is 1.72. The molecule has 0 aliphatic carbocycles. The fraction of sp³-hybridized carbons (Fsp3) is 0.278. The number of fused-ring (bicyclic) bond motifs is 1. The molecule has 0 bridgehead atoms. The van der Waals surface area contributed by atoms with Crippen LogP contribution in [0.1, 0.15) is 24.6 Å². The summed E-state index contributed by atoms with van der Waals surface area (Å²) < 4.78 is 31.6. The van der Waals surface area contributed by atoms with Gasteiger partial charge in [-0.25, -0.2) is 13.4 Å². The first-order valence-corrected chi connectivity index (χ1v) is 11.7. The number of hydrogen-bond acceptors (Lipinski definition) is 7. The minimum Gasteiger partial charge on any atom is -0.302 e. The molecule has 0 saturated heterocycles. The Kier molecular flexibility index (Phi) is 4.94. The maximum absolute atomic E-state index is 13.0. The highest BCUT2D eigenvalue weighted by Gasteiger charge is 2.30. The van der Waals surface area contributed by atoms with Crippen LogP contribution in [0.15, 0.2) is 34.7 Å². The van der Waals surface area contributed by atoms with Crippen molar-refractivity contribution in [2.75, 3.05) is 16.2 Å². The molecular weight excluding hydrogens is 416 g/mol. The van der Waals surface area contributed by atoms with E-state index < -0.39 is 10.0 Å². The molecule has 3 heterocycles. The zero-order chi connectivity index (χ0) is 19.9. The fourth-order valence-electron chi connectivity index (χ4n) is 3.27. The summed E-state index contributed by atoms with van der Waals surface area (Å²) >= 11 is 2.40. The second kappa shape index (κ2) is 7.26. The van der Waals surface area contributed by atoms with Gasteiger partial charge in [0.1, 0.15) is 0 Å². The van der Waals surface area contributed by atoms with Crippen LogP contribution in [0.4, 0.5) is 10.8 Å². The van der Waals surface area contributed by atoms with E-state index >= 15 is 0 Å². The molecule has 0 unspecified atom stereocenters. The number of amides is 1. The van der Waals surface area contributed by atoms with Gasteiger partial charge in [0.15, 0.2) is 9.34 Å². The molecule has 0 saturated carbocycles. The number of nitrogens with zero attached hydrogens (tertiary/aromatic N) is 3. The van der Waals surface area contributed by atoms with Crippen LogP contribution >= 0.6 is 22.9 Å². The van der Waals surface area contributed by atoms with E-state index in [1.165, 1.54) is 34.8 Å². The zero-order valence-corrected chi connectivity index (χ0v) is 17.7. The second-order valence-electron chi connectivity index (χ2n) is 6.47. The lowest BCUT2D eigenvalue weighted by Gasteiger charge is -2.30. The summed E-state index contributed by atoms with van der Waals surface area (Å²) in [5.74, 6) is -0.158. The summed E-state index contributed by atoms with van der Waals surface area (Å²) in [5, 5.41) is 3.28. The van der Waals surface area contributed by atoms with E-state index in [9.17, 15) is 13.2 Å². The highest BCUT2D eigenvalue weighted by molar-refractivity contribution is 7.94. The number of rotatable bonds is 4. The SMILES string of the molecule is CC(=O)Nc1nc(C)c(-c2ccc3c(c2)CCCN3S(=O)(=O)c2ccns2)s1. The summed E-state index contributed by atoms with van der Waals surface area (Å²) in [7, 11) is -3.59. The van der Waals surface area contributed by atoms with Crippen LogP contribution in [0.25, 0.3) is 10.4 Å². The Hall–Kier alpha value is -2.30. The quantitative estimate of drug-likeness (QED) is 0.676. The van der Waals surface area contributed by atoms with E-state index in [-0.39, 0.29) is 10.1 Å². The van der Waals surface area contributed by atoms with E-state index in [0.29, 0.717) is 17.4 Å². The Morgan fingerprint density at radius 3 is 2.82 bits per heavy atom. The Labute approximate surface area is 171 Å². The number of sulfonamides is 1. The minimum atomic E-state index is -3.59. The Morgan fingerprint density at radius 2 is 2.11 bits per heavy atom. The number of hydrogen-bond donors (Lipinski definition) is 1. The lowest BCUT2D eigenvalue weighted by molar-refractivity contribution is -0.114. The van der Waals surface area contributed by atoms with Gasteiger partial charge in [0, 0.05) is 19.7 Å². The van der Waals surface area contributed by atoms with Gasteiger partial charge in [-0.1, -0.05) is 17.4 Å². The third-order valence-electron chi connectivity index (χ3n) is 4.46. The molecule has 1 aliphatic rings. The van der Waals surface area contributed by atoms with Crippen molar-refractivity contribution >= 4 is 49.6 Å². The van der Waals surface area contributed by atoms with Crippen LogP contribution in [0.2, 0.25) is 0 Å². The predicted molar refractivity (Wildman–Crippen MR) is 112 cm³/mol. The van der Waals surface area contributed by atoms with Gasteiger partial charge in [-0.15, -0.1) is 0 Å². The maximum Gasteiger partial charge on any atom is 0.275 e. The Bertz CT molecular complexity index is 1140. The van der Waals surface area contributed by atoms with Crippen LogP contribution in [-0.2, 0) is 21.2 Å². The van der Waals surface area contributed by atoms with Crippen molar-refractivity contribution in [2.24, 2.45) is 0 Å². The summed E-state index contributed by atoms with van der Waals surface area (Å²) in [4.78, 5) is 16.6. The fourth-order valence-corrected chi connectivity index (χ4v) is 6.66. The molecule has 1 amide bonds. The number of benzene rings is 1. The predicted octanol–water partition coefficient (Wildman–Crippen LogP) is 3.67. The summed E-state index contributed by atoms with van der Waals surface area (Å²) in [6.07, 6.45) is 3.08. The summed E-state index contributed by atoms with van der Waals surface area (Å²) in [6.45, 7) is 3.81. The molecule has 2 aromatic heterocycles. The molecule has 0 radical (unpaired) electrons. The molecule has 1 aromatic carbocycles. The van der Waals surface area contributed by atoms with E-state index in [4.69, 9.17) is 0 Å². The normalized spacial score (nSPS) is 14.0. The highest BCUT2D eigenvalue weighted by Crippen LogP contribution is 2.38. The molecule has 0 spiro atoms. The van der Waals surface area contributed by atoms with E-state index in [1.807, 2.05) is 25.1 Å². The van der Waals surface area contributed by atoms with Gasteiger partial charge in [0.05, 0.1) is 16.3 Å². The number of carbonyl (C=O) groups is 1. The maximum atomic E-state index is 13.0. The molecule has 10 heteroatoms. The largest absolute Gasteiger partial charge is 0.302 e. The first-order valence-electron chi connectivity index (χ1n) is 8.68. The Morgan fingerprint density at radius 1 is 1.29 bits per heavy atom. The molecule has 7 nitrogen and oxygen atoms in total. The number of anilines is 2. The minimum absolute atomic E-state index is 0.158. The number of thiazole rings is 1. The third-order valence-corrected chi connectivity index (χ3v) is 8.58. The molecule has 3 aromatic rings. The lowest BCUT2D eigenvalue weighted by Crippen LogP contribution is -2.35. The van der Waals surface area contributed by atoms with Crippen LogP contribution in [0.3, 0.4) is 0 Å². The molecule has 1 N–H and O–H groups in total. The average Bonchev–Trinajstić information content (AvgIpc) is 3.30. The standard InChI is InChI=1S/C18H18N4O3S3/c1-11-17(26-18(20-11)21-12(2)23)14-5-6-15-13(10-14)4-3-9-22(15)28(24,25)16-7-8-19-27-16/h5-8,10H,3-4,9H2,1-2H3,(H,20,21,23). The molecule has 28 heavy (non-hydrogen) atoms.